The van der Waals surface area contributed by atoms with Crippen molar-refractivity contribution < 1.29 is 18.0 Å². The van der Waals surface area contributed by atoms with Gasteiger partial charge < -0.3 is 19.5 Å². The van der Waals surface area contributed by atoms with Gasteiger partial charge in [-0.1, -0.05) is 5.16 Å². The number of benzene rings is 1. The van der Waals surface area contributed by atoms with Crippen LogP contribution in [0.15, 0.2) is 16.7 Å². The molecule has 5 rings (SSSR count). The minimum absolute atomic E-state index is 0.150. The number of aromatic nitrogens is 3. The van der Waals surface area contributed by atoms with E-state index < -0.39 is 12.0 Å². The number of piperidine rings is 1. The van der Waals surface area contributed by atoms with Crippen molar-refractivity contribution in [3.05, 3.63) is 34.9 Å². The van der Waals surface area contributed by atoms with Crippen LogP contribution in [0.1, 0.15) is 36.2 Å². The molecular weight excluding hydrogens is 428 g/mol. The van der Waals surface area contributed by atoms with E-state index in [9.17, 15) is 4.39 Å². The molecule has 3 aromatic rings. The van der Waals surface area contributed by atoms with Crippen LogP contribution in [-0.4, -0.2) is 59.7 Å². The predicted molar refractivity (Wildman–Crippen MR) is 122 cm³/mol. The summed E-state index contributed by atoms with van der Waals surface area (Å²) in [5.41, 5.74) is 2.49. The SMILES string of the molecule is Cc1cc(F)c2nc(N3CC[C@H](N[C@@H]4CCCOC4)[C@H](F)C3)c(-c3nc(C)no3)c(C)c2c1. The average molecular weight is 458 g/mol. The van der Waals surface area contributed by atoms with Crippen LogP contribution in [-0.2, 0) is 4.74 Å². The zero-order valence-electron chi connectivity index (χ0n) is 19.2. The predicted octanol–water partition coefficient (Wildman–Crippen LogP) is 4.03. The number of hydrogen-bond donors (Lipinski definition) is 1. The molecule has 33 heavy (non-hydrogen) atoms. The summed E-state index contributed by atoms with van der Waals surface area (Å²) in [4.78, 5) is 11.0. The van der Waals surface area contributed by atoms with Gasteiger partial charge in [-0.05, 0) is 63.3 Å². The highest BCUT2D eigenvalue weighted by atomic mass is 19.1. The third-order valence-electron chi connectivity index (χ3n) is 6.62. The lowest BCUT2D eigenvalue weighted by Crippen LogP contribution is -2.55. The Morgan fingerprint density at radius 1 is 1.15 bits per heavy atom. The highest BCUT2D eigenvalue weighted by Crippen LogP contribution is 2.38. The first-order valence-electron chi connectivity index (χ1n) is 11.5. The Kier molecular flexibility index (Phi) is 6.01. The van der Waals surface area contributed by atoms with E-state index in [1.807, 2.05) is 24.8 Å². The van der Waals surface area contributed by atoms with Crippen LogP contribution in [0.3, 0.4) is 0 Å². The van der Waals surface area contributed by atoms with Crippen LogP contribution in [0, 0.1) is 26.6 Å². The Morgan fingerprint density at radius 3 is 2.70 bits per heavy atom. The summed E-state index contributed by atoms with van der Waals surface area (Å²) in [6.07, 6.45) is 1.50. The average Bonchev–Trinajstić information content (AvgIpc) is 3.22. The molecule has 0 aliphatic carbocycles. The Balaban J connectivity index is 1.50. The number of nitrogens with zero attached hydrogens (tertiary/aromatic N) is 4. The van der Waals surface area contributed by atoms with Crippen LogP contribution in [0.25, 0.3) is 22.4 Å². The summed E-state index contributed by atoms with van der Waals surface area (Å²) in [7, 11) is 0. The van der Waals surface area contributed by atoms with Crippen molar-refractivity contribution >= 4 is 16.7 Å². The van der Waals surface area contributed by atoms with Gasteiger partial charge in [-0.3, -0.25) is 0 Å². The van der Waals surface area contributed by atoms with E-state index in [2.05, 4.69) is 20.4 Å². The topological polar surface area (TPSA) is 76.3 Å². The van der Waals surface area contributed by atoms with E-state index in [1.165, 1.54) is 6.07 Å². The lowest BCUT2D eigenvalue weighted by atomic mass is 9.97. The fraction of sp³-hybridized carbons (Fsp3) is 0.542. The van der Waals surface area contributed by atoms with Gasteiger partial charge in [0.05, 0.1) is 18.7 Å². The number of rotatable bonds is 4. The molecule has 1 N–H and O–H groups in total. The third kappa shape index (κ3) is 4.31. The van der Waals surface area contributed by atoms with E-state index in [0.717, 1.165) is 30.6 Å². The van der Waals surface area contributed by atoms with Gasteiger partial charge in [0.1, 0.15) is 23.3 Å². The van der Waals surface area contributed by atoms with Crippen molar-refractivity contribution in [2.45, 2.75) is 58.3 Å². The molecule has 2 aliphatic rings. The second-order valence-electron chi connectivity index (χ2n) is 9.16. The number of halogens is 2. The molecular formula is C24H29F2N5O2. The summed E-state index contributed by atoms with van der Waals surface area (Å²) in [5.74, 6) is 0.889. The van der Waals surface area contributed by atoms with Crippen LogP contribution in [0.5, 0.6) is 0 Å². The summed E-state index contributed by atoms with van der Waals surface area (Å²) >= 11 is 0. The molecule has 2 aliphatic heterocycles. The fourth-order valence-corrected chi connectivity index (χ4v) is 4.94. The maximum absolute atomic E-state index is 15.3. The molecule has 9 heteroatoms. The van der Waals surface area contributed by atoms with Gasteiger partial charge in [0.25, 0.3) is 5.89 Å². The van der Waals surface area contributed by atoms with E-state index in [-0.39, 0.29) is 24.1 Å². The van der Waals surface area contributed by atoms with Gasteiger partial charge in [-0.2, -0.15) is 4.98 Å². The maximum Gasteiger partial charge on any atom is 0.261 e. The third-order valence-corrected chi connectivity index (χ3v) is 6.62. The van der Waals surface area contributed by atoms with Gasteiger partial charge in [0.2, 0.25) is 0 Å². The molecule has 0 unspecified atom stereocenters. The molecule has 2 saturated heterocycles. The monoisotopic (exact) mass is 457 g/mol. The Hall–Kier alpha value is -2.65. The minimum atomic E-state index is -1.10. The standard InChI is InChI=1S/C24H29F2N5O2/c1-13-9-17-14(2)21(24-27-15(3)30-33-24)23(29-22(17)18(25)10-13)31-7-6-20(19(26)11-31)28-16-5-4-8-32-12-16/h9-10,16,19-20,28H,4-8,11-12H2,1-3H3/t16-,19-,20+/m1/s1. The molecule has 0 bridgehead atoms. The van der Waals surface area contributed by atoms with Gasteiger partial charge in [0, 0.05) is 30.6 Å². The molecule has 7 nitrogen and oxygen atoms in total. The number of alkyl halides is 1. The van der Waals surface area contributed by atoms with E-state index in [0.29, 0.717) is 48.1 Å². The van der Waals surface area contributed by atoms with Gasteiger partial charge in [0.15, 0.2) is 5.82 Å². The largest absolute Gasteiger partial charge is 0.380 e. The number of ether oxygens (including phenoxy) is 1. The van der Waals surface area contributed by atoms with Gasteiger partial charge in [-0.25, -0.2) is 13.8 Å². The highest BCUT2D eigenvalue weighted by Gasteiger charge is 2.34. The number of pyridine rings is 1. The summed E-state index contributed by atoms with van der Waals surface area (Å²) in [6, 6.07) is 3.30. The van der Waals surface area contributed by atoms with Gasteiger partial charge >= 0.3 is 0 Å². The molecule has 3 atom stereocenters. The Bertz CT molecular complexity index is 1160. The number of aryl methyl sites for hydroxylation is 3. The molecule has 4 heterocycles. The molecule has 2 aromatic heterocycles. The summed E-state index contributed by atoms with van der Waals surface area (Å²) in [5, 5.41) is 8.05. The molecule has 176 valence electrons. The van der Waals surface area contributed by atoms with Crippen LogP contribution >= 0.6 is 0 Å². The van der Waals surface area contributed by atoms with E-state index in [1.54, 1.807) is 6.92 Å². The normalized spacial score (nSPS) is 23.9. The highest BCUT2D eigenvalue weighted by molar-refractivity contribution is 5.93. The molecule has 0 saturated carbocycles. The first-order chi connectivity index (χ1) is 15.9. The fourth-order valence-electron chi connectivity index (χ4n) is 4.94. The Labute approximate surface area is 191 Å². The quantitative estimate of drug-likeness (QED) is 0.634. The summed E-state index contributed by atoms with van der Waals surface area (Å²) < 4.78 is 41.2. The maximum atomic E-state index is 15.3. The lowest BCUT2D eigenvalue weighted by molar-refractivity contribution is 0.0588. The van der Waals surface area contributed by atoms with Crippen LogP contribution < -0.4 is 10.2 Å². The number of anilines is 1. The van der Waals surface area contributed by atoms with Crippen molar-refractivity contribution in [2.24, 2.45) is 0 Å². The van der Waals surface area contributed by atoms with Crippen LogP contribution in [0.2, 0.25) is 0 Å². The van der Waals surface area contributed by atoms with Gasteiger partial charge in [-0.15, -0.1) is 0 Å². The zero-order chi connectivity index (χ0) is 23.1. The second-order valence-corrected chi connectivity index (χ2v) is 9.16. The number of nitrogens with one attached hydrogen (secondary N) is 1. The van der Waals surface area contributed by atoms with E-state index in [4.69, 9.17) is 9.26 Å². The number of fused-ring (bicyclic) bond motifs is 1. The number of hydrogen-bond acceptors (Lipinski definition) is 7. The van der Waals surface area contributed by atoms with Crippen molar-refractivity contribution in [2.75, 3.05) is 31.2 Å². The molecule has 1 aromatic carbocycles. The van der Waals surface area contributed by atoms with E-state index >= 15 is 4.39 Å². The molecule has 0 spiro atoms. The second kappa shape index (κ2) is 8.95. The summed E-state index contributed by atoms with van der Waals surface area (Å²) in [6.45, 7) is 7.60. The first kappa shape index (κ1) is 22.2. The lowest BCUT2D eigenvalue weighted by Gasteiger charge is -2.38. The zero-order valence-corrected chi connectivity index (χ0v) is 19.2. The molecule has 0 radical (unpaired) electrons. The van der Waals surface area contributed by atoms with Crippen LogP contribution in [0.4, 0.5) is 14.6 Å². The molecule has 0 amide bonds. The Morgan fingerprint density at radius 2 is 2.00 bits per heavy atom. The minimum Gasteiger partial charge on any atom is -0.380 e. The first-order valence-corrected chi connectivity index (χ1v) is 11.5. The molecule has 2 fully saturated rings. The van der Waals surface area contributed by atoms with Crippen molar-refractivity contribution in [1.29, 1.82) is 0 Å². The smallest absolute Gasteiger partial charge is 0.261 e. The van der Waals surface area contributed by atoms with Crippen molar-refractivity contribution in [3.8, 4) is 11.5 Å². The van der Waals surface area contributed by atoms with Crippen molar-refractivity contribution in [1.82, 2.24) is 20.4 Å². The van der Waals surface area contributed by atoms with Crippen molar-refractivity contribution in [3.63, 3.8) is 0 Å².